The maximum Gasteiger partial charge on any atom is 0.156 e. The normalized spacial score (nSPS) is 35.1. The van der Waals surface area contributed by atoms with E-state index in [2.05, 4.69) is 19.2 Å². The molecule has 2 aliphatic rings. The van der Waals surface area contributed by atoms with Crippen molar-refractivity contribution < 1.29 is 9.47 Å². The molecule has 2 rings (SSSR count). The van der Waals surface area contributed by atoms with Crippen molar-refractivity contribution in [2.75, 3.05) is 32.6 Å². The minimum Gasteiger partial charge on any atom is -0.378 e. The lowest BCUT2D eigenvalue weighted by Gasteiger charge is -2.29. The van der Waals surface area contributed by atoms with Gasteiger partial charge >= 0.3 is 0 Å². The topological polar surface area (TPSA) is 42.8 Å². The van der Waals surface area contributed by atoms with Crippen molar-refractivity contribution in [2.45, 2.75) is 38.3 Å². The third kappa shape index (κ3) is 3.39. The molecule has 0 aliphatic carbocycles. The summed E-state index contributed by atoms with van der Waals surface area (Å²) in [4.78, 5) is 4.70. The number of thioether (sulfide) groups is 1. The van der Waals surface area contributed by atoms with Gasteiger partial charge in [-0.3, -0.25) is 4.99 Å². The molecule has 2 heterocycles. The summed E-state index contributed by atoms with van der Waals surface area (Å²) >= 11 is 1.82. The molecule has 18 heavy (non-hydrogen) atoms. The molecule has 5 heteroatoms. The first kappa shape index (κ1) is 14.2. The predicted molar refractivity (Wildman–Crippen MR) is 76.3 cm³/mol. The summed E-state index contributed by atoms with van der Waals surface area (Å²) < 4.78 is 11.0. The van der Waals surface area contributed by atoms with Crippen LogP contribution in [0.15, 0.2) is 4.99 Å². The van der Waals surface area contributed by atoms with Crippen LogP contribution in [0.5, 0.6) is 0 Å². The Hall–Kier alpha value is -0.260. The number of hydrogen-bond acceptors (Lipinski definition) is 4. The van der Waals surface area contributed by atoms with Crippen molar-refractivity contribution in [3.63, 3.8) is 0 Å². The Kier molecular flexibility index (Phi) is 4.92. The van der Waals surface area contributed by atoms with E-state index in [0.717, 1.165) is 23.9 Å². The van der Waals surface area contributed by atoms with E-state index in [4.69, 9.17) is 14.5 Å². The van der Waals surface area contributed by atoms with Gasteiger partial charge in [0.2, 0.25) is 0 Å². The van der Waals surface area contributed by atoms with E-state index in [1.807, 2.05) is 11.8 Å². The molecule has 104 valence electrons. The molecule has 0 bridgehead atoms. The third-order valence-corrected chi connectivity index (χ3v) is 4.75. The van der Waals surface area contributed by atoms with Gasteiger partial charge in [-0.15, -0.1) is 0 Å². The second-order valence-electron chi connectivity index (χ2n) is 5.44. The number of methoxy groups -OCH3 is 1. The number of nitrogens with one attached hydrogen (secondary N) is 1. The minimum absolute atomic E-state index is 0.194. The molecular formula is C13H24N2O2S. The van der Waals surface area contributed by atoms with Crippen LogP contribution in [-0.2, 0) is 9.47 Å². The predicted octanol–water partition coefficient (Wildman–Crippen LogP) is 1.90. The summed E-state index contributed by atoms with van der Waals surface area (Å²) in [6.45, 7) is 6.66. The van der Waals surface area contributed by atoms with Crippen molar-refractivity contribution in [3.05, 3.63) is 0 Å². The zero-order valence-electron chi connectivity index (χ0n) is 11.6. The van der Waals surface area contributed by atoms with E-state index in [1.165, 1.54) is 6.42 Å². The Morgan fingerprint density at radius 1 is 1.61 bits per heavy atom. The van der Waals surface area contributed by atoms with E-state index in [0.29, 0.717) is 25.1 Å². The first-order valence-corrected chi connectivity index (χ1v) is 7.70. The smallest absolute Gasteiger partial charge is 0.156 e. The summed E-state index contributed by atoms with van der Waals surface area (Å²) in [5.41, 5.74) is -0.194. The molecule has 0 amide bonds. The number of rotatable bonds is 4. The molecule has 2 aliphatic heterocycles. The SMILES string of the molecule is COC1(CN=C2NC(C(C)C)CCS2)CCOC1. The maximum absolute atomic E-state index is 5.59. The molecule has 0 aromatic carbocycles. The maximum atomic E-state index is 5.59. The fraction of sp³-hybridized carbons (Fsp3) is 0.923. The summed E-state index contributed by atoms with van der Waals surface area (Å²) in [6, 6.07) is 0.559. The van der Waals surface area contributed by atoms with Crippen LogP contribution in [0.4, 0.5) is 0 Å². The molecular weight excluding hydrogens is 248 g/mol. The molecule has 0 saturated carbocycles. The van der Waals surface area contributed by atoms with Gasteiger partial charge < -0.3 is 14.8 Å². The van der Waals surface area contributed by atoms with Gasteiger partial charge in [0.1, 0.15) is 5.60 Å². The molecule has 2 saturated heterocycles. The Bertz CT molecular complexity index is 301. The molecule has 0 aromatic rings. The van der Waals surface area contributed by atoms with Gasteiger partial charge in [0.15, 0.2) is 5.17 Å². The summed E-state index contributed by atoms with van der Waals surface area (Å²) in [5, 5.41) is 4.61. The largest absolute Gasteiger partial charge is 0.378 e. The van der Waals surface area contributed by atoms with Crippen molar-refractivity contribution in [2.24, 2.45) is 10.9 Å². The van der Waals surface area contributed by atoms with Crippen LogP contribution in [0, 0.1) is 5.92 Å². The minimum atomic E-state index is -0.194. The quantitative estimate of drug-likeness (QED) is 0.849. The van der Waals surface area contributed by atoms with E-state index in [1.54, 1.807) is 7.11 Å². The van der Waals surface area contributed by atoms with Gasteiger partial charge in [0.25, 0.3) is 0 Å². The summed E-state index contributed by atoms with van der Waals surface area (Å²) in [5.74, 6) is 1.81. The van der Waals surface area contributed by atoms with Crippen LogP contribution in [0.3, 0.4) is 0 Å². The number of hydrogen-bond donors (Lipinski definition) is 1. The highest BCUT2D eigenvalue weighted by Gasteiger charge is 2.35. The molecule has 1 N–H and O–H groups in total. The van der Waals surface area contributed by atoms with Crippen molar-refractivity contribution in [1.82, 2.24) is 5.32 Å². The zero-order valence-corrected chi connectivity index (χ0v) is 12.4. The summed E-state index contributed by atoms with van der Waals surface area (Å²) in [6.07, 6.45) is 2.17. The second kappa shape index (κ2) is 6.26. The average Bonchev–Trinajstić information content (AvgIpc) is 2.86. The number of nitrogens with zero attached hydrogens (tertiary/aromatic N) is 1. The van der Waals surface area contributed by atoms with Crippen LogP contribution < -0.4 is 5.32 Å². The number of aliphatic imine (C=N–C) groups is 1. The zero-order chi connectivity index (χ0) is 13.0. The third-order valence-electron chi connectivity index (χ3n) is 3.79. The fourth-order valence-corrected chi connectivity index (χ4v) is 3.26. The molecule has 0 aromatic heterocycles. The van der Waals surface area contributed by atoms with Crippen LogP contribution in [0.25, 0.3) is 0 Å². The standard InChI is InChI=1S/C13H24N2O2S/c1-10(2)11-4-7-18-12(15-11)14-8-13(16-3)5-6-17-9-13/h10-11H,4-9H2,1-3H3,(H,14,15). The lowest BCUT2D eigenvalue weighted by Crippen LogP contribution is -2.42. The van der Waals surface area contributed by atoms with Gasteiger partial charge in [-0.2, -0.15) is 0 Å². The van der Waals surface area contributed by atoms with Gasteiger partial charge in [0.05, 0.1) is 13.2 Å². The van der Waals surface area contributed by atoms with Gasteiger partial charge in [-0.05, 0) is 12.3 Å². The van der Waals surface area contributed by atoms with Gasteiger partial charge in [-0.25, -0.2) is 0 Å². The van der Waals surface area contributed by atoms with E-state index in [-0.39, 0.29) is 5.60 Å². The van der Waals surface area contributed by atoms with E-state index >= 15 is 0 Å². The van der Waals surface area contributed by atoms with Crippen LogP contribution in [0.1, 0.15) is 26.7 Å². The van der Waals surface area contributed by atoms with Crippen LogP contribution >= 0.6 is 11.8 Å². The Labute approximate surface area is 114 Å². The number of amidine groups is 1. The molecule has 2 atom stereocenters. The molecule has 0 spiro atoms. The van der Waals surface area contributed by atoms with E-state index < -0.39 is 0 Å². The molecule has 0 radical (unpaired) electrons. The monoisotopic (exact) mass is 272 g/mol. The molecule has 2 fully saturated rings. The highest BCUT2D eigenvalue weighted by atomic mass is 32.2. The molecule has 2 unspecified atom stereocenters. The number of ether oxygens (including phenoxy) is 2. The summed E-state index contributed by atoms with van der Waals surface area (Å²) in [7, 11) is 1.76. The Balaban J connectivity index is 1.92. The van der Waals surface area contributed by atoms with Crippen molar-refractivity contribution in [3.8, 4) is 0 Å². The van der Waals surface area contributed by atoms with E-state index in [9.17, 15) is 0 Å². The Morgan fingerprint density at radius 3 is 3.06 bits per heavy atom. The fourth-order valence-electron chi connectivity index (χ4n) is 2.30. The van der Waals surface area contributed by atoms with Crippen molar-refractivity contribution in [1.29, 1.82) is 0 Å². The second-order valence-corrected chi connectivity index (χ2v) is 6.53. The van der Waals surface area contributed by atoms with Gasteiger partial charge in [0, 0.05) is 31.9 Å². The first-order chi connectivity index (χ1) is 8.65. The van der Waals surface area contributed by atoms with Crippen molar-refractivity contribution >= 4 is 16.9 Å². The van der Waals surface area contributed by atoms with Gasteiger partial charge in [-0.1, -0.05) is 25.6 Å². The highest BCUT2D eigenvalue weighted by Crippen LogP contribution is 2.24. The lowest BCUT2D eigenvalue weighted by molar-refractivity contribution is -0.00899. The average molecular weight is 272 g/mol. The van der Waals surface area contributed by atoms with Crippen LogP contribution in [-0.4, -0.2) is 49.4 Å². The molecule has 4 nitrogen and oxygen atoms in total. The first-order valence-electron chi connectivity index (χ1n) is 6.72. The lowest BCUT2D eigenvalue weighted by atomic mass is 10.0. The Morgan fingerprint density at radius 2 is 2.44 bits per heavy atom. The van der Waals surface area contributed by atoms with Crippen LogP contribution in [0.2, 0.25) is 0 Å². The highest BCUT2D eigenvalue weighted by molar-refractivity contribution is 8.13.